The number of morpholine rings is 1. The average Bonchev–Trinajstić information content (AvgIpc) is 3.36. The van der Waals surface area contributed by atoms with Gasteiger partial charge in [-0.25, -0.2) is 15.0 Å². The van der Waals surface area contributed by atoms with Crippen LogP contribution in [0.1, 0.15) is 40.0 Å². The van der Waals surface area contributed by atoms with Gasteiger partial charge in [-0.15, -0.1) is 11.3 Å². The van der Waals surface area contributed by atoms with Crippen LogP contribution in [0.3, 0.4) is 0 Å². The van der Waals surface area contributed by atoms with Crippen LogP contribution in [-0.4, -0.2) is 55.6 Å². The molecule has 9 nitrogen and oxygen atoms in total. The van der Waals surface area contributed by atoms with Crippen molar-refractivity contribution in [2.24, 2.45) is 0 Å². The Morgan fingerprint density at radius 2 is 2.30 bits per heavy atom. The van der Waals surface area contributed by atoms with Crippen LogP contribution in [0.4, 0.5) is 0 Å². The summed E-state index contributed by atoms with van der Waals surface area (Å²) in [5, 5.41) is 4.01. The number of aromatic nitrogens is 5. The molecule has 0 aliphatic carbocycles. The topological polar surface area (TPSA) is 107 Å². The van der Waals surface area contributed by atoms with Crippen molar-refractivity contribution < 1.29 is 14.1 Å². The Morgan fingerprint density at radius 1 is 1.41 bits per heavy atom. The van der Waals surface area contributed by atoms with Crippen molar-refractivity contribution in [2.45, 2.75) is 26.4 Å². The zero-order valence-corrected chi connectivity index (χ0v) is 15.8. The van der Waals surface area contributed by atoms with E-state index in [1.54, 1.807) is 16.6 Å². The van der Waals surface area contributed by atoms with Crippen LogP contribution < -0.4 is 0 Å². The van der Waals surface area contributed by atoms with E-state index >= 15 is 0 Å². The average molecular weight is 386 g/mol. The van der Waals surface area contributed by atoms with E-state index in [1.807, 2.05) is 13.8 Å². The summed E-state index contributed by atoms with van der Waals surface area (Å²) in [4.78, 5) is 32.2. The summed E-state index contributed by atoms with van der Waals surface area (Å²) in [5.74, 6) is 0.932. The molecule has 1 atom stereocenters. The number of hydrogen-bond donors (Lipinski definition) is 0. The van der Waals surface area contributed by atoms with E-state index in [1.165, 1.54) is 17.7 Å². The molecule has 0 spiro atoms. The highest BCUT2D eigenvalue weighted by molar-refractivity contribution is 7.11. The van der Waals surface area contributed by atoms with Crippen molar-refractivity contribution >= 4 is 17.2 Å². The summed E-state index contributed by atoms with van der Waals surface area (Å²) in [6, 6.07) is 0. The van der Waals surface area contributed by atoms with Crippen molar-refractivity contribution in [3.8, 4) is 11.4 Å². The van der Waals surface area contributed by atoms with Crippen LogP contribution in [0.2, 0.25) is 0 Å². The Labute approximate surface area is 159 Å². The minimum atomic E-state index is -0.391. The highest BCUT2D eigenvalue weighted by atomic mass is 32.1. The zero-order chi connectivity index (χ0) is 18.8. The summed E-state index contributed by atoms with van der Waals surface area (Å²) in [6.07, 6.45) is 3.35. The molecule has 140 valence electrons. The molecule has 0 bridgehead atoms. The minimum absolute atomic E-state index is 0.0354. The van der Waals surface area contributed by atoms with E-state index < -0.39 is 6.10 Å². The number of nitrogens with zero attached hydrogens (tertiary/aromatic N) is 6. The lowest BCUT2D eigenvalue weighted by molar-refractivity contribution is -0.0244. The minimum Gasteiger partial charge on any atom is -0.368 e. The molecule has 4 rings (SSSR count). The van der Waals surface area contributed by atoms with Gasteiger partial charge < -0.3 is 14.2 Å². The molecule has 1 amide bonds. The summed E-state index contributed by atoms with van der Waals surface area (Å²) < 4.78 is 11.1. The van der Waals surface area contributed by atoms with Gasteiger partial charge in [0, 0.05) is 19.2 Å². The van der Waals surface area contributed by atoms with E-state index in [2.05, 4.69) is 25.1 Å². The molecule has 0 radical (unpaired) electrons. The highest BCUT2D eigenvalue weighted by Gasteiger charge is 2.31. The third-order valence-corrected chi connectivity index (χ3v) is 5.27. The van der Waals surface area contributed by atoms with Gasteiger partial charge in [-0.3, -0.25) is 4.79 Å². The molecule has 1 fully saturated rings. The molecule has 3 aromatic rings. The number of hydrogen-bond acceptors (Lipinski definition) is 9. The van der Waals surface area contributed by atoms with Crippen molar-refractivity contribution in [3.05, 3.63) is 40.2 Å². The van der Waals surface area contributed by atoms with Gasteiger partial charge in [0.1, 0.15) is 17.3 Å². The van der Waals surface area contributed by atoms with Crippen molar-refractivity contribution in [1.29, 1.82) is 0 Å². The third kappa shape index (κ3) is 3.45. The van der Waals surface area contributed by atoms with Crippen LogP contribution in [0.5, 0.6) is 0 Å². The molecule has 10 heteroatoms. The second-order valence-electron chi connectivity index (χ2n) is 6.06. The lowest BCUT2D eigenvalue weighted by Gasteiger charge is -2.32. The summed E-state index contributed by atoms with van der Waals surface area (Å²) in [5.41, 5.74) is 3.72. The SMILES string of the molecule is CCc1nc(-c2cncnc2[C@H]2CN(C(=O)c3scnc3C)CCO2)no1. The molecule has 1 aliphatic rings. The normalized spacial score (nSPS) is 17.3. The van der Waals surface area contributed by atoms with Gasteiger partial charge in [0.15, 0.2) is 0 Å². The first kappa shape index (κ1) is 17.7. The quantitative estimate of drug-likeness (QED) is 0.671. The Hall–Kier alpha value is -2.72. The van der Waals surface area contributed by atoms with Gasteiger partial charge in [-0.2, -0.15) is 4.98 Å². The van der Waals surface area contributed by atoms with Crippen LogP contribution in [-0.2, 0) is 11.2 Å². The van der Waals surface area contributed by atoms with Crippen molar-refractivity contribution in [2.75, 3.05) is 19.7 Å². The van der Waals surface area contributed by atoms with Crippen LogP contribution in [0, 0.1) is 6.92 Å². The zero-order valence-electron chi connectivity index (χ0n) is 15.0. The highest BCUT2D eigenvalue weighted by Crippen LogP contribution is 2.29. The van der Waals surface area contributed by atoms with Crippen LogP contribution in [0.25, 0.3) is 11.4 Å². The Bertz CT molecular complexity index is 956. The Kier molecular flexibility index (Phi) is 4.90. The van der Waals surface area contributed by atoms with Gasteiger partial charge in [0.05, 0.1) is 35.6 Å². The second kappa shape index (κ2) is 7.49. The number of carbonyl (C=O) groups is 1. The predicted octanol–water partition coefficient (Wildman–Crippen LogP) is 2.07. The standard InChI is InChI=1S/C17H18N6O3S/c1-3-13-21-16(22-26-13)11-6-18-8-19-14(11)12-7-23(4-5-25-12)17(24)15-10(2)20-9-27-15/h6,8-9,12H,3-5,7H2,1-2H3/t12-/m1/s1. The van der Waals surface area contributed by atoms with Gasteiger partial charge in [-0.05, 0) is 6.92 Å². The van der Waals surface area contributed by atoms with Crippen LogP contribution >= 0.6 is 11.3 Å². The molecule has 3 aromatic heterocycles. The molecule has 0 saturated carbocycles. The number of ether oxygens (including phenoxy) is 1. The first-order valence-corrected chi connectivity index (χ1v) is 9.49. The lowest BCUT2D eigenvalue weighted by atomic mass is 10.1. The number of thiazole rings is 1. The summed E-state index contributed by atoms with van der Waals surface area (Å²) in [7, 11) is 0. The maximum absolute atomic E-state index is 12.8. The number of amides is 1. The van der Waals surface area contributed by atoms with E-state index in [0.717, 1.165) is 5.69 Å². The van der Waals surface area contributed by atoms with E-state index in [-0.39, 0.29) is 5.91 Å². The fraction of sp³-hybridized carbons (Fsp3) is 0.412. The molecule has 0 aromatic carbocycles. The molecule has 0 unspecified atom stereocenters. The maximum Gasteiger partial charge on any atom is 0.266 e. The number of aryl methyl sites for hydroxylation is 2. The fourth-order valence-electron chi connectivity index (χ4n) is 2.93. The predicted molar refractivity (Wildman–Crippen MR) is 96.1 cm³/mol. The van der Waals surface area contributed by atoms with E-state index in [4.69, 9.17) is 9.26 Å². The first-order valence-electron chi connectivity index (χ1n) is 8.61. The third-order valence-electron chi connectivity index (χ3n) is 4.35. The molecule has 1 saturated heterocycles. The Balaban J connectivity index is 1.60. The van der Waals surface area contributed by atoms with Gasteiger partial charge in [0.2, 0.25) is 11.7 Å². The summed E-state index contributed by atoms with van der Waals surface area (Å²) in [6.45, 7) is 5.11. The molecule has 1 aliphatic heterocycles. The Morgan fingerprint density at radius 3 is 3.04 bits per heavy atom. The van der Waals surface area contributed by atoms with Gasteiger partial charge in [0.25, 0.3) is 5.91 Å². The molecule has 4 heterocycles. The smallest absolute Gasteiger partial charge is 0.266 e. The lowest BCUT2D eigenvalue weighted by Crippen LogP contribution is -2.42. The monoisotopic (exact) mass is 386 g/mol. The molecule has 0 N–H and O–H groups in total. The van der Waals surface area contributed by atoms with Gasteiger partial charge in [-0.1, -0.05) is 12.1 Å². The van der Waals surface area contributed by atoms with Gasteiger partial charge >= 0.3 is 0 Å². The fourth-order valence-corrected chi connectivity index (χ4v) is 3.70. The first-order chi connectivity index (χ1) is 13.2. The number of rotatable bonds is 4. The van der Waals surface area contributed by atoms with E-state index in [9.17, 15) is 4.79 Å². The van der Waals surface area contributed by atoms with Crippen molar-refractivity contribution in [1.82, 2.24) is 30.0 Å². The number of carbonyl (C=O) groups excluding carboxylic acids is 1. The van der Waals surface area contributed by atoms with E-state index in [0.29, 0.717) is 54.0 Å². The van der Waals surface area contributed by atoms with Crippen molar-refractivity contribution in [3.63, 3.8) is 0 Å². The largest absolute Gasteiger partial charge is 0.368 e. The summed E-state index contributed by atoms with van der Waals surface area (Å²) >= 11 is 1.35. The van der Waals surface area contributed by atoms with Crippen LogP contribution in [0.15, 0.2) is 22.6 Å². The molecular weight excluding hydrogens is 368 g/mol. The molecular formula is C17H18N6O3S. The molecule has 27 heavy (non-hydrogen) atoms. The maximum atomic E-state index is 12.8. The second-order valence-corrected chi connectivity index (χ2v) is 6.92.